The van der Waals surface area contributed by atoms with E-state index in [-0.39, 0.29) is 18.0 Å². The van der Waals surface area contributed by atoms with Crippen LogP contribution in [0.2, 0.25) is 0 Å². The first-order valence-corrected chi connectivity index (χ1v) is 5.81. The van der Waals surface area contributed by atoms with E-state index in [1.54, 1.807) is 19.1 Å². The van der Waals surface area contributed by atoms with Crippen molar-refractivity contribution in [1.82, 2.24) is 5.32 Å². The van der Waals surface area contributed by atoms with Crippen molar-refractivity contribution < 1.29 is 14.8 Å². The summed E-state index contributed by atoms with van der Waals surface area (Å²) in [6.45, 7) is 4.84. The van der Waals surface area contributed by atoms with Gasteiger partial charge in [0.15, 0.2) is 5.75 Å². The Hall–Kier alpha value is -1.66. The predicted octanol–water partition coefficient (Wildman–Crippen LogP) is 1.25. The molecule has 1 aromatic rings. The van der Waals surface area contributed by atoms with Crippen molar-refractivity contribution in [2.24, 2.45) is 0 Å². The fraction of sp³-hybridized carbons (Fsp3) is 0.500. The average molecular weight is 254 g/mol. The number of ether oxygens (including phenoxy) is 1. The molecular formula is C12H18N2O4. The maximum atomic E-state index is 10.8. The van der Waals surface area contributed by atoms with Gasteiger partial charge in [-0.15, -0.1) is 0 Å². The van der Waals surface area contributed by atoms with Crippen LogP contribution in [0.5, 0.6) is 5.75 Å². The minimum atomic E-state index is -0.691. The second-order valence-electron chi connectivity index (χ2n) is 3.95. The molecule has 0 spiro atoms. The van der Waals surface area contributed by atoms with E-state index in [4.69, 9.17) is 4.74 Å². The summed E-state index contributed by atoms with van der Waals surface area (Å²) < 4.78 is 5.36. The van der Waals surface area contributed by atoms with Crippen LogP contribution < -0.4 is 10.1 Å². The number of nitro groups is 1. The van der Waals surface area contributed by atoms with E-state index in [0.717, 1.165) is 6.54 Å². The zero-order chi connectivity index (χ0) is 13.5. The zero-order valence-electron chi connectivity index (χ0n) is 10.5. The highest BCUT2D eigenvalue weighted by atomic mass is 16.6. The summed E-state index contributed by atoms with van der Waals surface area (Å²) in [4.78, 5) is 10.4. The lowest BCUT2D eigenvalue weighted by Gasteiger charge is -2.14. The number of aryl methyl sites for hydroxylation is 1. The van der Waals surface area contributed by atoms with Crippen molar-refractivity contribution in [1.29, 1.82) is 0 Å². The molecule has 0 fully saturated rings. The van der Waals surface area contributed by atoms with E-state index >= 15 is 0 Å². The van der Waals surface area contributed by atoms with Crippen LogP contribution in [-0.2, 0) is 0 Å². The summed E-state index contributed by atoms with van der Waals surface area (Å²) in [5, 5.41) is 23.4. The Balaban J connectivity index is 2.69. The maximum absolute atomic E-state index is 10.8. The second-order valence-corrected chi connectivity index (χ2v) is 3.95. The molecule has 1 unspecified atom stereocenters. The standard InChI is InChI=1S/C12H18N2O4/c1-3-13-7-10(15)8-18-12-9(2)5-4-6-11(12)14(16)17/h4-6,10,13,15H,3,7-8H2,1-2H3. The Morgan fingerprint density at radius 2 is 2.28 bits per heavy atom. The SMILES string of the molecule is CCNCC(O)COc1c(C)cccc1[N+](=O)[O-]. The minimum Gasteiger partial charge on any atom is -0.484 e. The van der Waals surface area contributed by atoms with Gasteiger partial charge >= 0.3 is 5.69 Å². The predicted molar refractivity (Wildman–Crippen MR) is 67.9 cm³/mol. The Morgan fingerprint density at radius 3 is 2.89 bits per heavy atom. The smallest absolute Gasteiger partial charge is 0.311 e. The van der Waals surface area contributed by atoms with E-state index < -0.39 is 11.0 Å². The van der Waals surface area contributed by atoms with Gasteiger partial charge in [0, 0.05) is 12.6 Å². The molecule has 6 heteroatoms. The number of nitrogens with one attached hydrogen (secondary N) is 1. The molecule has 0 amide bonds. The average Bonchev–Trinajstić information content (AvgIpc) is 2.34. The van der Waals surface area contributed by atoms with Crippen molar-refractivity contribution in [3.8, 4) is 5.75 Å². The van der Waals surface area contributed by atoms with Gasteiger partial charge in [-0.2, -0.15) is 0 Å². The Kier molecular flexibility index (Phi) is 5.54. The molecule has 0 aliphatic rings. The number of hydrogen-bond acceptors (Lipinski definition) is 5. The number of nitro benzene ring substituents is 1. The monoisotopic (exact) mass is 254 g/mol. The highest BCUT2D eigenvalue weighted by Gasteiger charge is 2.17. The molecule has 1 aromatic carbocycles. The summed E-state index contributed by atoms with van der Waals surface area (Å²) in [6, 6.07) is 4.73. The van der Waals surface area contributed by atoms with Gasteiger partial charge in [-0.1, -0.05) is 19.1 Å². The molecule has 0 aromatic heterocycles. The number of nitrogens with zero attached hydrogens (tertiary/aromatic N) is 1. The van der Waals surface area contributed by atoms with Gasteiger partial charge in [-0.25, -0.2) is 0 Å². The first-order valence-electron chi connectivity index (χ1n) is 5.81. The van der Waals surface area contributed by atoms with E-state index in [9.17, 15) is 15.2 Å². The summed E-state index contributed by atoms with van der Waals surface area (Å²) in [6.07, 6.45) is -0.691. The topological polar surface area (TPSA) is 84.6 Å². The highest BCUT2D eigenvalue weighted by Crippen LogP contribution is 2.30. The lowest BCUT2D eigenvalue weighted by molar-refractivity contribution is -0.386. The largest absolute Gasteiger partial charge is 0.484 e. The van der Waals surface area contributed by atoms with Crippen LogP contribution in [0.1, 0.15) is 12.5 Å². The van der Waals surface area contributed by atoms with Crippen molar-refractivity contribution >= 4 is 5.69 Å². The molecule has 0 aliphatic heterocycles. The van der Waals surface area contributed by atoms with E-state index in [0.29, 0.717) is 12.1 Å². The lowest BCUT2D eigenvalue weighted by atomic mass is 10.2. The summed E-state index contributed by atoms with van der Waals surface area (Å²) in [7, 11) is 0. The summed E-state index contributed by atoms with van der Waals surface area (Å²) >= 11 is 0. The molecule has 0 saturated heterocycles. The zero-order valence-corrected chi connectivity index (χ0v) is 10.5. The Morgan fingerprint density at radius 1 is 1.56 bits per heavy atom. The third-order valence-corrected chi connectivity index (χ3v) is 2.44. The second kappa shape index (κ2) is 6.93. The van der Waals surface area contributed by atoms with Crippen molar-refractivity contribution in [2.45, 2.75) is 20.0 Å². The minimum absolute atomic E-state index is 0.0265. The number of rotatable bonds is 7. The van der Waals surface area contributed by atoms with E-state index in [1.165, 1.54) is 6.07 Å². The van der Waals surface area contributed by atoms with Gasteiger partial charge in [0.2, 0.25) is 0 Å². The lowest BCUT2D eigenvalue weighted by Crippen LogP contribution is -2.31. The Bertz CT molecular complexity index is 409. The van der Waals surface area contributed by atoms with Gasteiger partial charge in [0.1, 0.15) is 12.7 Å². The number of aliphatic hydroxyl groups is 1. The van der Waals surface area contributed by atoms with Crippen LogP contribution in [0, 0.1) is 17.0 Å². The van der Waals surface area contributed by atoms with Crippen molar-refractivity contribution in [3.05, 3.63) is 33.9 Å². The molecule has 0 saturated carbocycles. The third-order valence-electron chi connectivity index (χ3n) is 2.44. The van der Waals surface area contributed by atoms with Crippen molar-refractivity contribution in [3.63, 3.8) is 0 Å². The quantitative estimate of drug-likeness (QED) is 0.565. The van der Waals surface area contributed by atoms with Crippen LogP contribution in [0.4, 0.5) is 5.69 Å². The molecule has 1 atom stereocenters. The molecule has 18 heavy (non-hydrogen) atoms. The normalized spacial score (nSPS) is 12.2. The molecule has 100 valence electrons. The van der Waals surface area contributed by atoms with Crippen LogP contribution >= 0.6 is 0 Å². The number of benzene rings is 1. The van der Waals surface area contributed by atoms with Crippen LogP contribution in [0.25, 0.3) is 0 Å². The summed E-state index contributed by atoms with van der Waals surface area (Å²) in [5.41, 5.74) is 0.602. The number of aliphatic hydroxyl groups excluding tert-OH is 1. The summed E-state index contributed by atoms with van der Waals surface area (Å²) in [5.74, 6) is 0.220. The molecule has 0 aliphatic carbocycles. The van der Waals surface area contributed by atoms with Crippen LogP contribution in [0.15, 0.2) is 18.2 Å². The van der Waals surface area contributed by atoms with Crippen LogP contribution in [0.3, 0.4) is 0 Å². The third kappa shape index (κ3) is 3.97. The van der Waals surface area contributed by atoms with Crippen molar-refractivity contribution in [2.75, 3.05) is 19.7 Å². The number of likely N-dealkylation sites (N-methyl/N-ethyl adjacent to an activating group) is 1. The molecule has 0 bridgehead atoms. The van der Waals surface area contributed by atoms with Gasteiger partial charge < -0.3 is 15.2 Å². The van der Waals surface area contributed by atoms with Gasteiger partial charge in [-0.3, -0.25) is 10.1 Å². The van der Waals surface area contributed by atoms with Gasteiger partial charge in [-0.05, 0) is 19.0 Å². The highest BCUT2D eigenvalue weighted by molar-refractivity contribution is 5.51. The molecule has 6 nitrogen and oxygen atoms in total. The van der Waals surface area contributed by atoms with Crippen LogP contribution in [-0.4, -0.2) is 35.8 Å². The first-order chi connectivity index (χ1) is 8.56. The Labute approximate surface area is 106 Å². The maximum Gasteiger partial charge on any atom is 0.311 e. The number of hydrogen-bond donors (Lipinski definition) is 2. The van der Waals surface area contributed by atoms with E-state index in [1.807, 2.05) is 6.92 Å². The first kappa shape index (κ1) is 14.4. The molecule has 0 heterocycles. The number of para-hydroxylation sites is 1. The van der Waals surface area contributed by atoms with E-state index in [2.05, 4.69) is 5.32 Å². The fourth-order valence-corrected chi connectivity index (χ4v) is 1.52. The molecule has 0 radical (unpaired) electrons. The molecular weight excluding hydrogens is 236 g/mol. The fourth-order valence-electron chi connectivity index (χ4n) is 1.52. The molecule has 2 N–H and O–H groups in total. The molecule has 1 rings (SSSR count). The van der Waals surface area contributed by atoms with Gasteiger partial charge in [0.25, 0.3) is 0 Å². The van der Waals surface area contributed by atoms with Gasteiger partial charge in [0.05, 0.1) is 4.92 Å².